The van der Waals surface area contributed by atoms with E-state index in [4.69, 9.17) is 0 Å². The molecule has 0 fully saturated rings. The number of aromatic nitrogens is 5. The van der Waals surface area contributed by atoms with Gasteiger partial charge in [-0.25, -0.2) is 15.0 Å². The number of nitrogens with one attached hydrogen (secondary N) is 1. The predicted molar refractivity (Wildman–Crippen MR) is 96.2 cm³/mol. The summed E-state index contributed by atoms with van der Waals surface area (Å²) in [6, 6.07) is 11.0. The molecule has 6 nitrogen and oxygen atoms in total. The fourth-order valence-corrected chi connectivity index (χ4v) is 3.13. The second-order valence-electron chi connectivity index (χ2n) is 5.85. The van der Waals surface area contributed by atoms with E-state index in [9.17, 15) is 4.79 Å². The van der Waals surface area contributed by atoms with Gasteiger partial charge in [-0.2, -0.15) is 0 Å². The Labute approximate surface area is 142 Å². The summed E-state index contributed by atoms with van der Waals surface area (Å²) in [4.78, 5) is 29.8. The number of hydrogen-bond donors (Lipinski definition) is 1. The first kappa shape index (κ1) is 13.9. The highest BCUT2D eigenvalue weighted by Crippen LogP contribution is 2.24. The molecular formula is C19H13N5O. The van der Waals surface area contributed by atoms with Crippen LogP contribution in [-0.4, -0.2) is 24.5 Å². The first-order valence-electron chi connectivity index (χ1n) is 7.99. The Balaban J connectivity index is 1.86. The van der Waals surface area contributed by atoms with Gasteiger partial charge in [0.1, 0.15) is 0 Å². The third kappa shape index (κ3) is 2.11. The molecule has 3 aromatic heterocycles. The topological polar surface area (TPSA) is 76.5 Å². The first-order chi connectivity index (χ1) is 12.3. The van der Waals surface area contributed by atoms with Gasteiger partial charge in [0.25, 0.3) is 5.56 Å². The lowest BCUT2D eigenvalue weighted by molar-refractivity contribution is 0.693. The van der Waals surface area contributed by atoms with Gasteiger partial charge in [0, 0.05) is 6.20 Å². The Morgan fingerprint density at radius 1 is 1.00 bits per heavy atom. The molecule has 1 aliphatic rings. The fraction of sp³-hybridized carbons (Fsp3) is 0.0526. The maximum Gasteiger partial charge on any atom is 0.264 e. The molecule has 0 saturated carbocycles. The van der Waals surface area contributed by atoms with Gasteiger partial charge >= 0.3 is 0 Å². The van der Waals surface area contributed by atoms with E-state index in [1.807, 2.05) is 48.6 Å². The van der Waals surface area contributed by atoms with Crippen molar-refractivity contribution in [1.82, 2.24) is 24.5 Å². The zero-order valence-electron chi connectivity index (χ0n) is 13.1. The Kier molecular flexibility index (Phi) is 2.90. The van der Waals surface area contributed by atoms with Crippen LogP contribution in [0.4, 0.5) is 0 Å². The van der Waals surface area contributed by atoms with E-state index in [1.54, 1.807) is 22.9 Å². The van der Waals surface area contributed by atoms with Crippen molar-refractivity contribution in [2.24, 2.45) is 0 Å². The lowest BCUT2D eigenvalue weighted by atomic mass is 10.2. The van der Waals surface area contributed by atoms with Crippen LogP contribution >= 0.6 is 0 Å². The Morgan fingerprint density at radius 2 is 1.84 bits per heavy atom. The average Bonchev–Trinajstić information content (AvgIpc) is 3.31. The third-order valence-corrected chi connectivity index (χ3v) is 4.30. The molecule has 25 heavy (non-hydrogen) atoms. The van der Waals surface area contributed by atoms with Crippen molar-refractivity contribution in [3.8, 4) is 11.6 Å². The van der Waals surface area contributed by atoms with Crippen LogP contribution < -0.4 is 5.56 Å². The summed E-state index contributed by atoms with van der Waals surface area (Å²) in [6.45, 7) is 0. The Morgan fingerprint density at radius 3 is 2.68 bits per heavy atom. The summed E-state index contributed by atoms with van der Waals surface area (Å²) >= 11 is 0. The largest absolute Gasteiger partial charge is 0.335 e. The van der Waals surface area contributed by atoms with Crippen molar-refractivity contribution < 1.29 is 0 Å². The van der Waals surface area contributed by atoms with Crippen molar-refractivity contribution >= 4 is 22.1 Å². The van der Waals surface area contributed by atoms with Crippen LogP contribution in [0, 0.1) is 0 Å². The molecule has 0 spiro atoms. The van der Waals surface area contributed by atoms with Crippen LogP contribution in [0.2, 0.25) is 0 Å². The molecule has 0 radical (unpaired) electrons. The van der Waals surface area contributed by atoms with Gasteiger partial charge in [-0.15, -0.1) is 0 Å². The van der Waals surface area contributed by atoms with Crippen molar-refractivity contribution in [2.75, 3.05) is 0 Å². The Hall–Kier alpha value is -3.54. The maximum absolute atomic E-state index is 13.1. The highest BCUT2D eigenvalue weighted by atomic mass is 16.1. The predicted octanol–water partition coefficient (Wildman–Crippen LogP) is 3.00. The van der Waals surface area contributed by atoms with Gasteiger partial charge in [-0.1, -0.05) is 36.4 Å². The quantitative estimate of drug-likeness (QED) is 0.614. The summed E-state index contributed by atoms with van der Waals surface area (Å²) < 4.78 is 1.65. The molecule has 1 aromatic carbocycles. The second kappa shape index (κ2) is 5.24. The van der Waals surface area contributed by atoms with E-state index in [0.29, 0.717) is 22.7 Å². The summed E-state index contributed by atoms with van der Waals surface area (Å²) in [7, 11) is 0. The molecule has 1 N–H and O–H groups in total. The van der Waals surface area contributed by atoms with Crippen LogP contribution in [0.1, 0.15) is 6.04 Å². The summed E-state index contributed by atoms with van der Waals surface area (Å²) in [5.74, 6) is 1.04. The molecular weight excluding hydrogens is 314 g/mol. The molecule has 0 unspecified atom stereocenters. The van der Waals surface area contributed by atoms with E-state index in [-0.39, 0.29) is 11.6 Å². The zero-order chi connectivity index (χ0) is 16.8. The number of pyridine rings is 1. The highest BCUT2D eigenvalue weighted by Gasteiger charge is 2.20. The van der Waals surface area contributed by atoms with Crippen molar-refractivity contribution in [3.05, 3.63) is 77.3 Å². The molecule has 0 saturated heterocycles. The van der Waals surface area contributed by atoms with E-state index in [1.165, 1.54) is 0 Å². The number of fused-ring (bicyclic) bond motifs is 2. The monoisotopic (exact) mass is 327 g/mol. The van der Waals surface area contributed by atoms with Gasteiger partial charge in [0.2, 0.25) is 0 Å². The number of nitrogens with zero attached hydrogens (tertiary/aromatic N) is 4. The number of benzene rings is 1. The molecule has 0 atom stereocenters. The van der Waals surface area contributed by atoms with E-state index < -0.39 is 0 Å². The fourth-order valence-electron chi connectivity index (χ4n) is 3.13. The molecule has 4 aromatic rings. The minimum Gasteiger partial charge on any atom is -0.335 e. The minimum atomic E-state index is -0.187. The van der Waals surface area contributed by atoms with Crippen LogP contribution in [0.15, 0.2) is 71.7 Å². The van der Waals surface area contributed by atoms with Gasteiger partial charge in [-0.3, -0.25) is 9.36 Å². The normalized spacial score (nSPS) is 14.1. The number of para-hydroxylation sites is 2. The second-order valence-corrected chi connectivity index (χ2v) is 5.85. The SMILES string of the molecule is O=c1c2cccnc2nc(-c2nc3ccccc3[nH]2)n1C1C=CC=C1. The highest BCUT2D eigenvalue weighted by molar-refractivity contribution is 5.80. The van der Waals surface area contributed by atoms with Crippen LogP contribution in [-0.2, 0) is 0 Å². The van der Waals surface area contributed by atoms with Gasteiger partial charge in [0.05, 0.1) is 22.5 Å². The zero-order valence-corrected chi connectivity index (χ0v) is 13.1. The summed E-state index contributed by atoms with van der Waals surface area (Å²) in [5.41, 5.74) is 2.02. The summed E-state index contributed by atoms with van der Waals surface area (Å²) in [5, 5.41) is 0.496. The van der Waals surface area contributed by atoms with Crippen molar-refractivity contribution in [2.45, 2.75) is 6.04 Å². The molecule has 0 bridgehead atoms. The first-order valence-corrected chi connectivity index (χ1v) is 7.99. The Bertz CT molecular complexity index is 1190. The lowest BCUT2D eigenvalue weighted by Gasteiger charge is -2.15. The summed E-state index contributed by atoms with van der Waals surface area (Å²) in [6.07, 6.45) is 9.39. The van der Waals surface area contributed by atoms with Crippen LogP contribution in [0.3, 0.4) is 0 Å². The molecule has 1 aliphatic carbocycles. The third-order valence-electron chi connectivity index (χ3n) is 4.30. The number of H-pyrrole nitrogens is 1. The number of rotatable bonds is 2. The van der Waals surface area contributed by atoms with Crippen molar-refractivity contribution in [3.63, 3.8) is 0 Å². The van der Waals surface area contributed by atoms with Crippen molar-refractivity contribution in [1.29, 1.82) is 0 Å². The molecule has 120 valence electrons. The number of allylic oxidation sites excluding steroid dienone is 4. The van der Waals surface area contributed by atoms with Crippen LogP contribution in [0.5, 0.6) is 0 Å². The van der Waals surface area contributed by atoms with Gasteiger partial charge in [-0.05, 0) is 24.3 Å². The lowest BCUT2D eigenvalue weighted by Crippen LogP contribution is -2.26. The van der Waals surface area contributed by atoms with Gasteiger partial charge < -0.3 is 4.98 Å². The standard InChI is InChI=1S/C19H13N5O/c25-19-13-8-5-11-20-16(13)23-18(24(19)12-6-1-2-7-12)17-21-14-9-3-4-10-15(14)22-17/h1-12H,(H,21,22). The molecule has 3 heterocycles. The van der Waals surface area contributed by atoms with E-state index in [0.717, 1.165) is 11.0 Å². The van der Waals surface area contributed by atoms with E-state index >= 15 is 0 Å². The maximum atomic E-state index is 13.1. The smallest absolute Gasteiger partial charge is 0.264 e. The minimum absolute atomic E-state index is 0.130. The number of aromatic amines is 1. The molecule has 0 aliphatic heterocycles. The molecule has 6 heteroatoms. The number of imidazole rings is 1. The van der Waals surface area contributed by atoms with Crippen LogP contribution in [0.25, 0.3) is 33.7 Å². The van der Waals surface area contributed by atoms with Gasteiger partial charge in [0.15, 0.2) is 17.3 Å². The molecule has 5 rings (SSSR count). The van der Waals surface area contributed by atoms with E-state index in [2.05, 4.69) is 19.9 Å². The number of hydrogen-bond acceptors (Lipinski definition) is 4. The molecule has 0 amide bonds. The average molecular weight is 327 g/mol.